The highest BCUT2D eigenvalue weighted by Gasteiger charge is 2.21. The number of carbonyl (C=O) groups is 1. The Labute approximate surface area is 182 Å². The van der Waals surface area contributed by atoms with Crippen molar-refractivity contribution in [1.82, 2.24) is 9.78 Å². The number of nitrogens with one attached hydrogen (secondary N) is 1. The van der Waals surface area contributed by atoms with E-state index in [0.29, 0.717) is 35.9 Å². The van der Waals surface area contributed by atoms with Gasteiger partial charge in [0.1, 0.15) is 11.5 Å². The SMILES string of the molecule is Cc1c(C(=O)Nc2cccc(CS(=O)C3CCOCC3)c2)cnn1-c1ccccc1F. The summed E-state index contributed by atoms with van der Waals surface area (Å²) in [6.45, 7) is 3.04. The van der Waals surface area contributed by atoms with Crippen LogP contribution >= 0.6 is 0 Å². The first kappa shape index (κ1) is 21.4. The van der Waals surface area contributed by atoms with Gasteiger partial charge in [0.25, 0.3) is 5.91 Å². The van der Waals surface area contributed by atoms with E-state index >= 15 is 0 Å². The molecule has 2 aromatic carbocycles. The standard InChI is InChI=1S/C23H24FN3O3S/c1-16-20(14-25-27(16)22-8-3-2-7-21(22)24)23(28)26-18-6-4-5-17(13-18)15-31(29)19-9-11-30-12-10-19/h2-8,13-14,19H,9-12,15H2,1H3,(H,26,28). The maximum atomic E-state index is 14.1. The van der Waals surface area contributed by atoms with Crippen molar-refractivity contribution in [1.29, 1.82) is 0 Å². The number of hydrogen-bond acceptors (Lipinski definition) is 4. The van der Waals surface area contributed by atoms with Crippen molar-refractivity contribution < 1.29 is 18.1 Å². The van der Waals surface area contributed by atoms with Gasteiger partial charge in [0, 0.05) is 40.7 Å². The van der Waals surface area contributed by atoms with Crippen LogP contribution in [-0.2, 0) is 21.3 Å². The number of carbonyl (C=O) groups excluding carboxylic acids is 1. The van der Waals surface area contributed by atoms with E-state index in [0.717, 1.165) is 18.4 Å². The van der Waals surface area contributed by atoms with Gasteiger partial charge < -0.3 is 10.1 Å². The normalized spacial score (nSPS) is 15.5. The van der Waals surface area contributed by atoms with Crippen molar-refractivity contribution in [2.75, 3.05) is 18.5 Å². The lowest BCUT2D eigenvalue weighted by Crippen LogP contribution is -2.25. The molecule has 1 amide bonds. The zero-order valence-electron chi connectivity index (χ0n) is 17.2. The minimum absolute atomic E-state index is 0.152. The topological polar surface area (TPSA) is 73.2 Å². The van der Waals surface area contributed by atoms with Crippen molar-refractivity contribution in [3.63, 3.8) is 0 Å². The molecule has 0 saturated carbocycles. The zero-order chi connectivity index (χ0) is 21.8. The molecule has 1 aliphatic heterocycles. The van der Waals surface area contributed by atoms with Crippen LogP contribution in [0.25, 0.3) is 5.69 Å². The lowest BCUT2D eigenvalue weighted by molar-refractivity contribution is 0.0991. The highest BCUT2D eigenvalue weighted by atomic mass is 32.2. The van der Waals surface area contributed by atoms with Crippen molar-refractivity contribution in [2.45, 2.75) is 30.8 Å². The van der Waals surface area contributed by atoms with E-state index < -0.39 is 16.6 Å². The van der Waals surface area contributed by atoms with E-state index in [1.165, 1.54) is 16.9 Å². The van der Waals surface area contributed by atoms with Crippen molar-refractivity contribution in [3.05, 3.63) is 77.4 Å². The van der Waals surface area contributed by atoms with Gasteiger partial charge in [-0.3, -0.25) is 9.00 Å². The maximum Gasteiger partial charge on any atom is 0.259 e. The molecule has 1 saturated heterocycles. The molecular formula is C23H24FN3O3S. The van der Waals surface area contributed by atoms with Crippen molar-refractivity contribution >= 4 is 22.4 Å². The molecule has 2 heterocycles. The first-order valence-electron chi connectivity index (χ1n) is 10.2. The van der Waals surface area contributed by atoms with Crippen LogP contribution in [0.3, 0.4) is 0 Å². The molecule has 1 N–H and O–H groups in total. The second-order valence-electron chi connectivity index (χ2n) is 7.50. The number of aromatic nitrogens is 2. The molecule has 1 aliphatic rings. The molecule has 6 nitrogen and oxygen atoms in total. The summed E-state index contributed by atoms with van der Waals surface area (Å²) >= 11 is 0. The van der Waals surface area contributed by atoms with E-state index in [2.05, 4.69) is 10.4 Å². The quantitative estimate of drug-likeness (QED) is 0.628. The van der Waals surface area contributed by atoms with E-state index in [4.69, 9.17) is 4.74 Å². The van der Waals surface area contributed by atoms with Crippen LogP contribution < -0.4 is 5.32 Å². The van der Waals surface area contributed by atoms with E-state index in [1.54, 1.807) is 31.2 Å². The van der Waals surface area contributed by atoms with Crippen LogP contribution in [0.4, 0.5) is 10.1 Å². The summed E-state index contributed by atoms with van der Waals surface area (Å²) < 4.78 is 33.5. The third-order valence-corrected chi connectivity index (χ3v) is 7.20. The fourth-order valence-electron chi connectivity index (χ4n) is 3.66. The Morgan fingerprint density at radius 1 is 1.23 bits per heavy atom. The Bertz CT molecular complexity index is 1110. The summed E-state index contributed by atoms with van der Waals surface area (Å²) in [7, 11) is -0.980. The van der Waals surface area contributed by atoms with Gasteiger partial charge in [-0.15, -0.1) is 0 Å². The summed E-state index contributed by atoms with van der Waals surface area (Å²) in [6, 6.07) is 13.7. The predicted octanol–water partition coefficient (Wildman–Crippen LogP) is 4.00. The summed E-state index contributed by atoms with van der Waals surface area (Å²) in [4.78, 5) is 12.8. The third-order valence-electron chi connectivity index (χ3n) is 5.37. The number of ether oxygens (including phenoxy) is 1. The van der Waals surface area contributed by atoms with Gasteiger partial charge >= 0.3 is 0 Å². The fourth-order valence-corrected chi connectivity index (χ4v) is 5.12. The Balaban J connectivity index is 1.46. The van der Waals surface area contributed by atoms with Gasteiger partial charge in [-0.05, 0) is 49.6 Å². The first-order valence-corrected chi connectivity index (χ1v) is 11.6. The van der Waals surface area contributed by atoms with Gasteiger partial charge in [-0.25, -0.2) is 9.07 Å². The number of anilines is 1. The Hall–Kier alpha value is -2.84. The Kier molecular flexibility index (Phi) is 6.58. The zero-order valence-corrected chi connectivity index (χ0v) is 18.0. The highest BCUT2D eigenvalue weighted by Crippen LogP contribution is 2.21. The average molecular weight is 442 g/mol. The van der Waals surface area contributed by atoms with Crippen LogP contribution in [0.5, 0.6) is 0 Å². The van der Waals surface area contributed by atoms with Gasteiger partial charge in [0.05, 0.1) is 17.5 Å². The number of nitrogens with zero attached hydrogens (tertiary/aromatic N) is 2. The second kappa shape index (κ2) is 9.53. The maximum absolute atomic E-state index is 14.1. The number of rotatable bonds is 6. The van der Waals surface area contributed by atoms with Crippen molar-refractivity contribution in [2.24, 2.45) is 0 Å². The highest BCUT2D eigenvalue weighted by molar-refractivity contribution is 7.84. The van der Waals surface area contributed by atoms with Gasteiger partial charge in [-0.1, -0.05) is 24.3 Å². The molecule has 0 spiro atoms. The summed E-state index contributed by atoms with van der Waals surface area (Å²) in [5.74, 6) is -0.299. The van der Waals surface area contributed by atoms with E-state index in [9.17, 15) is 13.4 Å². The smallest absolute Gasteiger partial charge is 0.259 e. The summed E-state index contributed by atoms with van der Waals surface area (Å²) in [5.41, 5.74) is 2.71. The summed E-state index contributed by atoms with van der Waals surface area (Å²) in [5, 5.41) is 7.20. The number of halogens is 1. The third kappa shape index (κ3) is 4.91. The second-order valence-corrected chi connectivity index (χ2v) is 9.22. The number of hydrogen-bond donors (Lipinski definition) is 1. The minimum atomic E-state index is -0.980. The lowest BCUT2D eigenvalue weighted by atomic mass is 10.2. The predicted molar refractivity (Wildman–Crippen MR) is 118 cm³/mol. The lowest BCUT2D eigenvalue weighted by Gasteiger charge is -2.21. The van der Waals surface area contributed by atoms with Gasteiger partial charge in [0.15, 0.2) is 0 Å². The minimum Gasteiger partial charge on any atom is -0.381 e. The van der Waals surface area contributed by atoms with Gasteiger partial charge in [-0.2, -0.15) is 5.10 Å². The molecule has 1 fully saturated rings. The number of para-hydroxylation sites is 1. The average Bonchev–Trinajstić information content (AvgIpc) is 3.16. The molecule has 0 radical (unpaired) electrons. The van der Waals surface area contributed by atoms with E-state index in [-0.39, 0.29) is 16.8 Å². The largest absolute Gasteiger partial charge is 0.381 e. The number of amides is 1. The van der Waals surface area contributed by atoms with E-state index in [1.807, 2.05) is 18.2 Å². The Morgan fingerprint density at radius 2 is 2.00 bits per heavy atom. The molecule has 1 aromatic heterocycles. The van der Waals surface area contributed by atoms with Crippen LogP contribution in [0.1, 0.15) is 34.5 Å². The molecule has 31 heavy (non-hydrogen) atoms. The Morgan fingerprint density at radius 3 is 2.77 bits per heavy atom. The molecule has 1 unspecified atom stereocenters. The van der Waals surface area contributed by atoms with Gasteiger partial charge in [0.2, 0.25) is 0 Å². The molecular weight excluding hydrogens is 417 g/mol. The summed E-state index contributed by atoms with van der Waals surface area (Å²) in [6.07, 6.45) is 3.06. The van der Waals surface area contributed by atoms with Crippen LogP contribution in [0.2, 0.25) is 0 Å². The van der Waals surface area contributed by atoms with Crippen LogP contribution in [0, 0.1) is 12.7 Å². The van der Waals surface area contributed by atoms with Crippen LogP contribution in [-0.4, -0.2) is 38.4 Å². The molecule has 0 bridgehead atoms. The number of benzene rings is 2. The molecule has 8 heteroatoms. The fraction of sp³-hybridized carbons (Fsp3) is 0.304. The molecule has 162 valence electrons. The molecule has 3 aromatic rings. The molecule has 1 atom stereocenters. The van der Waals surface area contributed by atoms with Crippen LogP contribution in [0.15, 0.2) is 54.7 Å². The monoisotopic (exact) mass is 441 g/mol. The van der Waals surface area contributed by atoms with Crippen molar-refractivity contribution in [3.8, 4) is 5.69 Å². The first-order chi connectivity index (χ1) is 15.0. The molecule has 4 rings (SSSR count). The molecule has 0 aliphatic carbocycles.